The van der Waals surface area contributed by atoms with Crippen LogP contribution in [0.5, 0.6) is 0 Å². The Morgan fingerprint density at radius 1 is 0.950 bits per heavy atom. The number of aromatic amines is 1. The highest BCUT2D eigenvalue weighted by molar-refractivity contribution is 5.79. The summed E-state index contributed by atoms with van der Waals surface area (Å²) in [5.41, 5.74) is 0.402. The van der Waals surface area contributed by atoms with E-state index >= 15 is 0 Å². The number of imidazole rings is 1. The molecule has 1 heterocycles. The van der Waals surface area contributed by atoms with Crippen molar-refractivity contribution in [3.05, 3.63) is 53.8 Å². The summed E-state index contributed by atoms with van der Waals surface area (Å²) in [6, 6.07) is 9.01. The highest BCUT2D eigenvalue weighted by Gasteiger charge is 2.30. The molecule has 1 aromatic heterocycles. The number of para-hydroxylation sites is 1. The number of aromatic nitrogens is 2. The predicted molar refractivity (Wildman–Crippen MR) is 66.5 cm³/mol. The van der Waals surface area contributed by atoms with Crippen LogP contribution in [0.15, 0.2) is 42.5 Å². The molecule has 0 saturated heterocycles. The third-order valence-corrected chi connectivity index (χ3v) is 2.95. The Morgan fingerprint density at radius 2 is 1.65 bits per heavy atom. The molecule has 0 aliphatic rings. The zero-order valence-corrected chi connectivity index (χ0v) is 10.0. The third-order valence-electron chi connectivity index (χ3n) is 2.95. The Labute approximate surface area is 111 Å². The minimum Gasteiger partial charge on any atom is -0.338 e. The summed E-state index contributed by atoms with van der Waals surface area (Å²) in [7, 11) is 0. The van der Waals surface area contributed by atoms with Crippen LogP contribution in [-0.4, -0.2) is 9.97 Å². The van der Waals surface area contributed by atoms with Crippen molar-refractivity contribution in [2.24, 2.45) is 0 Å². The molecule has 0 atom stereocenters. The molecule has 2 aromatic carbocycles. The maximum absolute atomic E-state index is 13.5. The van der Waals surface area contributed by atoms with Gasteiger partial charge in [-0.3, -0.25) is 0 Å². The zero-order chi connectivity index (χ0) is 14.3. The van der Waals surface area contributed by atoms with E-state index < -0.39 is 17.6 Å². The molecule has 0 bridgehead atoms. The first-order chi connectivity index (χ1) is 9.45. The molecule has 102 valence electrons. The molecule has 20 heavy (non-hydrogen) atoms. The molecule has 3 aromatic rings. The van der Waals surface area contributed by atoms with Crippen molar-refractivity contribution in [2.75, 3.05) is 0 Å². The van der Waals surface area contributed by atoms with Crippen LogP contribution in [0.4, 0.5) is 17.6 Å². The fourth-order valence-corrected chi connectivity index (χ4v) is 1.95. The van der Waals surface area contributed by atoms with Gasteiger partial charge in [0.15, 0.2) is 5.82 Å². The number of halogens is 4. The van der Waals surface area contributed by atoms with Gasteiger partial charge in [-0.05, 0) is 24.3 Å². The number of alkyl halides is 3. The number of benzene rings is 2. The van der Waals surface area contributed by atoms with Gasteiger partial charge in [-0.2, -0.15) is 13.2 Å². The first-order valence-electron chi connectivity index (χ1n) is 5.77. The Hall–Kier alpha value is -2.37. The molecule has 6 heteroatoms. The number of hydrogen-bond donors (Lipinski definition) is 1. The van der Waals surface area contributed by atoms with Crippen molar-refractivity contribution in [3.8, 4) is 11.4 Å². The predicted octanol–water partition coefficient (Wildman–Crippen LogP) is 4.39. The Morgan fingerprint density at radius 3 is 2.25 bits per heavy atom. The maximum atomic E-state index is 13.5. The maximum Gasteiger partial charge on any atom is 0.416 e. The van der Waals surface area contributed by atoms with Gasteiger partial charge in [-0.15, -0.1) is 0 Å². The number of hydrogen-bond acceptors (Lipinski definition) is 1. The van der Waals surface area contributed by atoms with E-state index in [-0.39, 0.29) is 5.52 Å². The van der Waals surface area contributed by atoms with Gasteiger partial charge in [0.25, 0.3) is 0 Å². The summed E-state index contributed by atoms with van der Waals surface area (Å²) in [6.07, 6.45) is -4.38. The molecule has 0 radical (unpaired) electrons. The standard InChI is InChI=1S/C14H8F4N2/c15-10-2-1-3-11-12(10)20-13(19-11)8-4-6-9(7-5-8)14(16,17)18/h1-7H,(H,19,20). The fourth-order valence-electron chi connectivity index (χ4n) is 1.95. The lowest BCUT2D eigenvalue weighted by atomic mass is 10.1. The number of nitrogens with one attached hydrogen (secondary N) is 1. The Bertz CT molecular complexity index is 757. The second kappa shape index (κ2) is 4.33. The zero-order valence-electron chi connectivity index (χ0n) is 10.0. The van der Waals surface area contributed by atoms with Crippen LogP contribution >= 0.6 is 0 Å². The topological polar surface area (TPSA) is 28.7 Å². The van der Waals surface area contributed by atoms with Gasteiger partial charge < -0.3 is 4.98 Å². The third kappa shape index (κ3) is 2.13. The summed E-state index contributed by atoms with van der Waals surface area (Å²) in [5.74, 6) is -0.143. The van der Waals surface area contributed by atoms with Gasteiger partial charge in [0.2, 0.25) is 0 Å². The molecule has 1 N–H and O–H groups in total. The lowest BCUT2D eigenvalue weighted by Crippen LogP contribution is -2.04. The smallest absolute Gasteiger partial charge is 0.338 e. The largest absolute Gasteiger partial charge is 0.416 e. The lowest BCUT2D eigenvalue weighted by molar-refractivity contribution is -0.137. The van der Waals surface area contributed by atoms with Crippen LogP contribution in [0, 0.1) is 5.82 Å². The molecule has 0 saturated carbocycles. The van der Waals surface area contributed by atoms with Crippen LogP contribution in [-0.2, 0) is 6.18 Å². The Kier molecular flexibility index (Phi) is 2.74. The Balaban J connectivity index is 2.05. The quantitative estimate of drug-likeness (QED) is 0.658. The van der Waals surface area contributed by atoms with E-state index in [1.54, 1.807) is 6.07 Å². The van der Waals surface area contributed by atoms with Gasteiger partial charge in [0.05, 0.1) is 11.1 Å². The summed E-state index contributed by atoms with van der Waals surface area (Å²) < 4.78 is 50.9. The molecule has 0 amide bonds. The number of H-pyrrole nitrogens is 1. The van der Waals surface area contributed by atoms with Gasteiger partial charge >= 0.3 is 6.18 Å². The molecule has 0 aliphatic carbocycles. The summed E-state index contributed by atoms with van der Waals surface area (Å²) in [4.78, 5) is 6.94. The molecular formula is C14H8F4N2. The monoisotopic (exact) mass is 280 g/mol. The highest BCUT2D eigenvalue weighted by Crippen LogP contribution is 2.31. The van der Waals surface area contributed by atoms with E-state index in [9.17, 15) is 17.6 Å². The fraction of sp³-hybridized carbons (Fsp3) is 0.0714. The van der Waals surface area contributed by atoms with E-state index in [0.717, 1.165) is 12.1 Å². The second-order valence-corrected chi connectivity index (χ2v) is 4.30. The average molecular weight is 280 g/mol. The number of rotatable bonds is 1. The van der Waals surface area contributed by atoms with Crippen LogP contribution in [0.3, 0.4) is 0 Å². The number of nitrogens with zero attached hydrogens (tertiary/aromatic N) is 1. The summed E-state index contributed by atoms with van der Waals surface area (Å²) in [5, 5.41) is 0. The molecular weight excluding hydrogens is 272 g/mol. The molecule has 2 nitrogen and oxygen atoms in total. The summed E-state index contributed by atoms with van der Waals surface area (Å²) >= 11 is 0. The molecule has 0 spiro atoms. The van der Waals surface area contributed by atoms with E-state index in [4.69, 9.17) is 0 Å². The van der Waals surface area contributed by atoms with Crippen molar-refractivity contribution in [3.63, 3.8) is 0 Å². The van der Waals surface area contributed by atoms with Crippen molar-refractivity contribution in [1.82, 2.24) is 9.97 Å². The van der Waals surface area contributed by atoms with Crippen LogP contribution in [0.1, 0.15) is 5.56 Å². The minimum absolute atomic E-state index is 0.169. The number of fused-ring (bicyclic) bond motifs is 1. The van der Waals surface area contributed by atoms with Gasteiger partial charge in [0.1, 0.15) is 11.3 Å². The van der Waals surface area contributed by atoms with E-state index in [1.807, 2.05) is 0 Å². The first-order valence-corrected chi connectivity index (χ1v) is 5.77. The van der Waals surface area contributed by atoms with Crippen molar-refractivity contribution in [2.45, 2.75) is 6.18 Å². The first kappa shape index (κ1) is 12.7. The average Bonchev–Trinajstić information content (AvgIpc) is 2.83. The SMILES string of the molecule is Fc1cccc2[nH]c(-c3ccc(C(F)(F)F)cc3)nc12. The molecule has 0 fully saturated rings. The van der Waals surface area contributed by atoms with E-state index in [2.05, 4.69) is 9.97 Å². The van der Waals surface area contributed by atoms with Crippen molar-refractivity contribution in [1.29, 1.82) is 0 Å². The normalized spacial score (nSPS) is 12.0. The van der Waals surface area contributed by atoms with Crippen LogP contribution in [0.25, 0.3) is 22.4 Å². The molecule has 0 aliphatic heterocycles. The molecule has 3 rings (SSSR count). The van der Waals surface area contributed by atoms with Crippen LogP contribution in [0.2, 0.25) is 0 Å². The van der Waals surface area contributed by atoms with E-state index in [1.165, 1.54) is 24.3 Å². The van der Waals surface area contributed by atoms with Gasteiger partial charge in [0, 0.05) is 5.56 Å². The van der Waals surface area contributed by atoms with Gasteiger partial charge in [-0.1, -0.05) is 18.2 Å². The lowest BCUT2D eigenvalue weighted by Gasteiger charge is -2.06. The van der Waals surface area contributed by atoms with Crippen LogP contribution < -0.4 is 0 Å². The highest BCUT2D eigenvalue weighted by atomic mass is 19.4. The molecule has 0 unspecified atom stereocenters. The summed E-state index contributed by atoms with van der Waals surface area (Å²) in [6.45, 7) is 0. The van der Waals surface area contributed by atoms with E-state index in [0.29, 0.717) is 16.9 Å². The van der Waals surface area contributed by atoms with Crippen molar-refractivity contribution < 1.29 is 17.6 Å². The second-order valence-electron chi connectivity index (χ2n) is 4.30. The van der Waals surface area contributed by atoms with Crippen molar-refractivity contribution >= 4 is 11.0 Å². The van der Waals surface area contributed by atoms with Gasteiger partial charge in [-0.25, -0.2) is 9.37 Å². The minimum atomic E-state index is -4.38.